The Morgan fingerprint density at radius 1 is 1.08 bits per heavy atom. The van der Waals surface area contributed by atoms with Crippen LogP contribution in [0.3, 0.4) is 0 Å². The molecule has 3 aromatic carbocycles. The first kappa shape index (κ1) is 16.3. The van der Waals surface area contributed by atoms with Gasteiger partial charge in [0.05, 0.1) is 23.7 Å². The number of ether oxygens (including phenoxy) is 1. The van der Waals surface area contributed by atoms with E-state index in [1.54, 1.807) is 25.3 Å². The summed E-state index contributed by atoms with van der Waals surface area (Å²) in [6, 6.07) is 19.1. The third kappa shape index (κ3) is 3.22. The molecule has 1 amide bonds. The van der Waals surface area contributed by atoms with Crippen molar-refractivity contribution >= 4 is 28.3 Å². The normalized spacial score (nSPS) is 12.0. The highest BCUT2D eigenvalue weighted by molar-refractivity contribution is 6.33. The summed E-state index contributed by atoms with van der Waals surface area (Å²) in [7, 11) is 1.56. The van der Waals surface area contributed by atoms with Crippen LogP contribution in [0, 0.1) is 0 Å². The lowest BCUT2D eigenvalue weighted by Crippen LogP contribution is -2.27. The van der Waals surface area contributed by atoms with Crippen molar-refractivity contribution < 1.29 is 9.53 Å². The van der Waals surface area contributed by atoms with Crippen molar-refractivity contribution in [1.29, 1.82) is 0 Å². The second-order valence-electron chi connectivity index (χ2n) is 5.61. The molecule has 0 aromatic heterocycles. The van der Waals surface area contributed by atoms with E-state index in [1.807, 2.05) is 31.2 Å². The second-order valence-corrected chi connectivity index (χ2v) is 6.02. The Balaban J connectivity index is 1.89. The van der Waals surface area contributed by atoms with E-state index in [1.165, 1.54) is 0 Å². The minimum atomic E-state index is -0.223. The molecular weight excluding hydrogens is 322 g/mol. The van der Waals surface area contributed by atoms with Gasteiger partial charge in [0.15, 0.2) is 0 Å². The first-order valence-electron chi connectivity index (χ1n) is 7.72. The number of carbonyl (C=O) groups is 1. The molecule has 4 heteroatoms. The van der Waals surface area contributed by atoms with Gasteiger partial charge in [-0.05, 0) is 41.5 Å². The van der Waals surface area contributed by atoms with Gasteiger partial charge < -0.3 is 10.1 Å². The Hall–Kier alpha value is -2.52. The number of hydrogen-bond acceptors (Lipinski definition) is 2. The van der Waals surface area contributed by atoms with E-state index in [4.69, 9.17) is 16.3 Å². The molecule has 1 atom stereocenters. The maximum atomic E-state index is 12.6. The van der Waals surface area contributed by atoms with Crippen LogP contribution in [0.5, 0.6) is 5.75 Å². The predicted octanol–water partition coefficient (Wildman–Crippen LogP) is 4.99. The Morgan fingerprint density at radius 2 is 1.83 bits per heavy atom. The highest BCUT2D eigenvalue weighted by atomic mass is 35.5. The van der Waals surface area contributed by atoms with Crippen molar-refractivity contribution in [2.45, 2.75) is 13.0 Å². The highest BCUT2D eigenvalue weighted by Gasteiger charge is 2.16. The van der Waals surface area contributed by atoms with Gasteiger partial charge in [0.25, 0.3) is 5.91 Å². The van der Waals surface area contributed by atoms with Gasteiger partial charge in [-0.1, -0.05) is 54.1 Å². The molecule has 1 N–H and O–H groups in total. The first-order chi connectivity index (χ1) is 11.6. The number of halogens is 1. The molecule has 0 heterocycles. The summed E-state index contributed by atoms with van der Waals surface area (Å²) >= 11 is 6.16. The SMILES string of the molecule is COc1ccc(Cl)c(C(=O)NC(C)c2cccc3ccccc23)c1. The number of nitrogens with one attached hydrogen (secondary N) is 1. The fraction of sp³-hybridized carbons (Fsp3) is 0.150. The Bertz CT molecular complexity index is 886. The third-order valence-corrected chi connectivity index (χ3v) is 4.39. The number of hydrogen-bond donors (Lipinski definition) is 1. The van der Waals surface area contributed by atoms with Crippen LogP contribution in [-0.2, 0) is 0 Å². The molecular formula is C20H18ClNO2. The first-order valence-corrected chi connectivity index (χ1v) is 8.10. The van der Waals surface area contributed by atoms with Crippen molar-refractivity contribution in [1.82, 2.24) is 5.32 Å². The molecule has 0 aliphatic heterocycles. The summed E-state index contributed by atoms with van der Waals surface area (Å²) in [5.74, 6) is 0.377. The van der Waals surface area contributed by atoms with Gasteiger partial charge in [-0.15, -0.1) is 0 Å². The van der Waals surface area contributed by atoms with E-state index < -0.39 is 0 Å². The van der Waals surface area contributed by atoms with E-state index in [2.05, 4.69) is 23.5 Å². The van der Waals surface area contributed by atoms with E-state index in [0.29, 0.717) is 16.3 Å². The van der Waals surface area contributed by atoms with Gasteiger partial charge in [-0.2, -0.15) is 0 Å². The van der Waals surface area contributed by atoms with E-state index in [-0.39, 0.29) is 11.9 Å². The number of fused-ring (bicyclic) bond motifs is 1. The molecule has 0 aliphatic rings. The minimum absolute atomic E-state index is 0.147. The maximum absolute atomic E-state index is 12.6. The van der Waals surface area contributed by atoms with Crippen LogP contribution in [0.4, 0.5) is 0 Å². The molecule has 0 saturated carbocycles. The van der Waals surface area contributed by atoms with Gasteiger partial charge >= 0.3 is 0 Å². The second kappa shape index (κ2) is 6.93. The number of amides is 1. The fourth-order valence-corrected chi connectivity index (χ4v) is 2.99. The van der Waals surface area contributed by atoms with Gasteiger partial charge in [0.1, 0.15) is 5.75 Å². The Kier molecular flexibility index (Phi) is 4.72. The van der Waals surface area contributed by atoms with E-state index in [0.717, 1.165) is 16.3 Å². The van der Waals surface area contributed by atoms with Crippen molar-refractivity contribution in [2.24, 2.45) is 0 Å². The van der Waals surface area contributed by atoms with Crippen LogP contribution in [0.25, 0.3) is 10.8 Å². The largest absolute Gasteiger partial charge is 0.497 e. The van der Waals surface area contributed by atoms with Crippen LogP contribution in [-0.4, -0.2) is 13.0 Å². The molecule has 0 spiro atoms. The standard InChI is InChI=1S/C20H18ClNO2/c1-13(16-9-5-7-14-6-3-4-8-17(14)16)22-20(23)18-12-15(24-2)10-11-19(18)21/h3-13H,1-2H3,(H,22,23). The fourth-order valence-electron chi connectivity index (χ4n) is 2.79. The average Bonchev–Trinajstić information content (AvgIpc) is 2.61. The highest BCUT2D eigenvalue weighted by Crippen LogP contribution is 2.26. The minimum Gasteiger partial charge on any atom is -0.497 e. The molecule has 0 saturated heterocycles. The third-order valence-electron chi connectivity index (χ3n) is 4.06. The zero-order valence-corrected chi connectivity index (χ0v) is 14.3. The molecule has 0 fully saturated rings. The Morgan fingerprint density at radius 3 is 2.62 bits per heavy atom. The summed E-state index contributed by atoms with van der Waals surface area (Å²) in [5.41, 5.74) is 1.48. The van der Waals surface area contributed by atoms with Gasteiger partial charge in [0.2, 0.25) is 0 Å². The smallest absolute Gasteiger partial charge is 0.253 e. The van der Waals surface area contributed by atoms with Crippen molar-refractivity contribution in [3.8, 4) is 5.75 Å². The monoisotopic (exact) mass is 339 g/mol. The number of benzene rings is 3. The lowest BCUT2D eigenvalue weighted by molar-refractivity contribution is 0.0940. The van der Waals surface area contributed by atoms with Crippen LogP contribution < -0.4 is 10.1 Å². The van der Waals surface area contributed by atoms with Crippen molar-refractivity contribution in [3.63, 3.8) is 0 Å². The molecule has 24 heavy (non-hydrogen) atoms. The van der Waals surface area contributed by atoms with Crippen LogP contribution in [0.15, 0.2) is 60.7 Å². The average molecular weight is 340 g/mol. The molecule has 0 radical (unpaired) electrons. The summed E-state index contributed by atoms with van der Waals surface area (Å²) in [4.78, 5) is 12.6. The van der Waals surface area contributed by atoms with Crippen molar-refractivity contribution in [2.75, 3.05) is 7.11 Å². The summed E-state index contributed by atoms with van der Waals surface area (Å²) in [5, 5.41) is 5.70. The number of methoxy groups -OCH3 is 1. The van der Waals surface area contributed by atoms with Gasteiger partial charge in [0, 0.05) is 0 Å². The van der Waals surface area contributed by atoms with Crippen LogP contribution >= 0.6 is 11.6 Å². The van der Waals surface area contributed by atoms with Crippen LogP contribution in [0.1, 0.15) is 28.9 Å². The van der Waals surface area contributed by atoms with Crippen LogP contribution in [0.2, 0.25) is 5.02 Å². The van der Waals surface area contributed by atoms with E-state index >= 15 is 0 Å². The van der Waals surface area contributed by atoms with Gasteiger partial charge in [-0.25, -0.2) is 0 Å². The quantitative estimate of drug-likeness (QED) is 0.727. The lowest BCUT2D eigenvalue weighted by atomic mass is 9.99. The number of carbonyl (C=O) groups excluding carboxylic acids is 1. The molecule has 0 bridgehead atoms. The molecule has 3 rings (SSSR count). The van der Waals surface area contributed by atoms with Crippen molar-refractivity contribution in [3.05, 3.63) is 76.8 Å². The maximum Gasteiger partial charge on any atom is 0.253 e. The molecule has 3 nitrogen and oxygen atoms in total. The topological polar surface area (TPSA) is 38.3 Å². The Labute approximate surface area is 146 Å². The molecule has 122 valence electrons. The lowest BCUT2D eigenvalue weighted by Gasteiger charge is -2.17. The zero-order chi connectivity index (χ0) is 17.1. The summed E-state index contributed by atoms with van der Waals surface area (Å²) < 4.78 is 5.17. The molecule has 0 aliphatic carbocycles. The molecule has 1 unspecified atom stereocenters. The molecule has 3 aromatic rings. The number of rotatable bonds is 4. The zero-order valence-electron chi connectivity index (χ0n) is 13.5. The van der Waals surface area contributed by atoms with E-state index in [9.17, 15) is 4.79 Å². The predicted molar refractivity (Wildman–Crippen MR) is 97.8 cm³/mol. The van der Waals surface area contributed by atoms with Gasteiger partial charge in [-0.3, -0.25) is 4.79 Å². The summed E-state index contributed by atoms with van der Waals surface area (Å²) in [6.45, 7) is 1.97. The summed E-state index contributed by atoms with van der Waals surface area (Å²) in [6.07, 6.45) is 0.